The zero-order valence-electron chi connectivity index (χ0n) is 1.51. The minimum atomic E-state index is 0. The number of hydrogen-bond acceptors (Lipinski definition) is 0. The molecule has 6 radical (unpaired) electrons. The van der Waals surface area contributed by atoms with Crippen LogP contribution in [0.2, 0.25) is 0 Å². The van der Waals surface area contributed by atoms with Crippen LogP contribution < -0.4 is 0 Å². The van der Waals surface area contributed by atoms with Crippen molar-refractivity contribution in [1.82, 2.24) is 0 Å². The fourth-order valence-electron chi connectivity index (χ4n) is 0. The molecule has 4 heavy (non-hydrogen) atoms. The van der Waals surface area contributed by atoms with Gasteiger partial charge in [0.25, 0.3) is 0 Å². The van der Waals surface area contributed by atoms with Gasteiger partial charge in [0, 0.05) is 67.8 Å². The Bertz CT molecular complexity index is 8.00. The molecule has 0 rings (SSSR count). The number of hydrogen-bond donors (Lipinski definition) is 0. The smallest absolute Gasteiger partial charge is 0 e. The van der Waals surface area contributed by atoms with Gasteiger partial charge in [-0.05, 0) is 0 Å². The van der Waals surface area contributed by atoms with Gasteiger partial charge in [-0.3, -0.25) is 0 Å². The molecule has 0 atom stereocenters. The molecule has 0 N–H and O–H groups in total. The molecule has 0 unspecified atom stereocenters. The third-order valence-electron chi connectivity index (χ3n) is 0. The first-order chi connectivity index (χ1) is 0. The average Bonchev–Trinajstić information content (AvgIpc) is 0. The molecule has 0 aromatic carbocycles. The van der Waals surface area contributed by atoms with Gasteiger partial charge >= 0.3 is 0 Å². The summed E-state index contributed by atoms with van der Waals surface area (Å²) in [7, 11) is 0. The maximum Gasteiger partial charge on any atom is 0 e. The van der Waals surface area contributed by atoms with Crippen molar-refractivity contribution < 1.29 is 56.8 Å². The van der Waals surface area contributed by atoms with Crippen molar-refractivity contribution in [3.8, 4) is 0 Å². The summed E-state index contributed by atoms with van der Waals surface area (Å²) in [5, 5.41) is 0. The van der Waals surface area contributed by atoms with Gasteiger partial charge in [0.15, 0.2) is 0 Å². The van der Waals surface area contributed by atoms with E-state index in [1.54, 1.807) is 0 Å². The van der Waals surface area contributed by atoms with E-state index in [0.29, 0.717) is 0 Å². The summed E-state index contributed by atoms with van der Waals surface area (Å²) in [5.74, 6) is 0. The van der Waals surface area contributed by atoms with E-state index < -0.39 is 0 Å². The Kier molecular flexibility index (Phi) is 186. The van der Waals surface area contributed by atoms with Crippen molar-refractivity contribution in [3.63, 3.8) is 0 Å². The van der Waals surface area contributed by atoms with Crippen molar-refractivity contribution in [2.75, 3.05) is 0 Å². The standard InChI is InChI=1S/Ag.Cr.Cu.Si. The summed E-state index contributed by atoms with van der Waals surface area (Å²) >= 11 is 0. The van der Waals surface area contributed by atoms with Crippen LogP contribution in [0.15, 0.2) is 0 Å². The molecule has 0 aliphatic rings. The molecular formula is AgCrCuSi. The van der Waals surface area contributed by atoms with Crippen LogP contribution in [0.4, 0.5) is 0 Å². The first-order valence-corrected chi connectivity index (χ1v) is 0. The van der Waals surface area contributed by atoms with Crippen LogP contribution in [-0.4, -0.2) is 11.0 Å². The van der Waals surface area contributed by atoms with Gasteiger partial charge in [-0.1, -0.05) is 0 Å². The largest absolute Gasteiger partial charge is 0 e. The van der Waals surface area contributed by atoms with Crippen LogP contribution in [0.25, 0.3) is 0 Å². The predicted molar refractivity (Wildman–Crippen MR) is 5.75 cm³/mol. The van der Waals surface area contributed by atoms with E-state index in [9.17, 15) is 0 Å². The zero-order chi connectivity index (χ0) is 0. The minimum Gasteiger partial charge on any atom is 0 e. The fraction of sp³-hybridized carbons (Fsp3) is 0. The Morgan fingerprint density at radius 2 is 1.00 bits per heavy atom. The van der Waals surface area contributed by atoms with E-state index in [2.05, 4.69) is 0 Å². The summed E-state index contributed by atoms with van der Waals surface area (Å²) in [6.07, 6.45) is 0. The predicted octanol–water partition coefficient (Wildman–Crippen LogP) is -0.388. The van der Waals surface area contributed by atoms with Gasteiger partial charge in [0.05, 0.1) is 0 Å². The average molecular weight is 251 g/mol. The van der Waals surface area contributed by atoms with Crippen molar-refractivity contribution in [2.45, 2.75) is 0 Å². The summed E-state index contributed by atoms with van der Waals surface area (Å²) in [6, 6.07) is 0. The third-order valence-corrected chi connectivity index (χ3v) is 0. The summed E-state index contributed by atoms with van der Waals surface area (Å²) < 4.78 is 0. The van der Waals surface area contributed by atoms with E-state index in [0.717, 1.165) is 0 Å². The molecule has 0 spiro atoms. The van der Waals surface area contributed by atoms with Crippen LogP contribution in [0.5, 0.6) is 0 Å². The minimum absolute atomic E-state index is 0. The molecule has 32 valence electrons. The maximum absolute atomic E-state index is 0. The van der Waals surface area contributed by atoms with Crippen LogP contribution in [0, 0.1) is 0 Å². The SMILES string of the molecule is [Ag].[Cr].[Cu].[Si]. The van der Waals surface area contributed by atoms with Gasteiger partial charge < -0.3 is 0 Å². The molecule has 0 aliphatic heterocycles. The van der Waals surface area contributed by atoms with E-state index in [4.69, 9.17) is 0 Å². The van der Waals surface area contributed by atoms with Crippen molar-refractivity contribution >= 4 is 11.0 Å². The normalized spacial score (nSPS) is 0. The molecule has 4 heteroatoms. The quantitative estimate of drug-likeness (QED) is 0.515. The molecule has 0 aliphatic carbocycles. The molecule has 0 fully saturated rings. The van der Waals surface area contributed by atoms with Crippen molar-refractivity contribution in [2.24, 2.45) is 0 Å². The van der Waals surface area contributed by atoms with Crippen LogP contribution in [0.1, 0.15) is 0 Å². The Labute approximate surface area is 67.2 Å². The Morgan fingerprint density at radius 3 is 1.00 bits per heavy atom. The van der Waals surface area contributed by atoms with Crippen LogP contribution in [0.3, 0.4) is 0 Å². The molecular weight excluding hydrogens is 251 g/mol. The zero-order valence-corrected chi connectivity index (χ0v) is 6.21. The third kappa shape index (κ3) is 8.99. The van der Waals surface area contributed by atoms with E-state index in [1.165, 1.54) is 0 Å². The Balaban J connectivity index is 0. The fourth-order valence-corrected chi connectivity index (χ4v) is 0. The van der Waals surface area contributed by atoms with Crippen LogP contribution in [-0.2, 0) is 56.8 Å². The second kappa shape index (κ2) is 19.9. The summed E-state index contributed by atoms with van der Waals surface area (Å²) in [5.41, 5.74) is 0. The Morgan fingerprint density at radius 1 is 1.00 bits per heavy atom. The summed E-state index contributed by atoms with van der Waals surface area (Å²) in [6.45, 7) is 0. The maximum atomic E-state index is 0. The molecule has 0 bridgehead atoms. The van der Waals surface area contributed by atoms with E-state index in [-0.39, 0.29) is 67.8 Å². The molecule has 0 aromatic rings. The molecule has 0 saturated heterocycles. The molecule has 0 aromatic heterocycles. The van der Waals surface area contributed by atoms with Gasteiger partial charge in [0.2, 0.25) is 0 Å². The van der Waals surface area contributed by atoms with Gasteiger partial charge in [0.1, 0.15) is 0 Å². The Hall–Kier alpha value is 2.01. The molecule has 0 amide bonds. The monoisotopic (exact) mass is 250 g/mol. The first-order valence-electron chi connectivity index (χ1n) is 0. The van der Waals surface area contributed by atoms with Gasteiger partial charge in [-0.15, -0.1) is 0 Å². The molecule has 0 saturated carbocycles. The van der Waals surface area contributed by atoms with E-state index >= 15 is 0 Å². The molecule has 0 heterocycles. The second-order valence-corrected chi connectivity index (χ2v) is 0. The summed E-state index contributed by atoms with van der Waals surface area (Å²) in [4.78, 5) is 0. The van der Waals surface area contributed by atoms with Crippen molar-refractivity contribution in [3.05, 3.63) is 0 Å². The van der Waals surface area contributed by atoms with E-state index in [1.807, 2.05) is 0 Å². The van der Waals surface area contributed by atoms with Gasteiger partial charge in [-0.2, -0.15) is 0 Å². The molecule has 0 nitrogen and oxygen atoms in total. The van der Waals surface area contributed by atoms with Crippen LogP contribution >= 0.6 is 0 Å². The van der Waals surface area contributed by atoms with Gasteiger partial charge in [-0.25, -0.2) is 0 Å². The topological polar surface area (TPSA) is 0 Å². The number of rotatable bonds is 0. The second-order valence-electron chi connectivity index (χ2n) is 0. The first kappa shape index (κ1) is 37.4. The van der Waals surface area contributed by atoms with Crippen molar-refractivity contribution in [1.29, 1.82) is 0 Å².